The highest BCUT2D eigenvalue weighted by molar-refractivity contribution is 5.88. The number of hydrogen-bond acceptors (Lipinski definition) is 8. The summed E-state index contributed by atoms with van der Waals surface area (Å²) >= 11 is 0. The molecule has 13 nitrogen and oxygen atoms in total. The van der Waals surface area contributed by atoms with Crippen LogP contribution >= 0.6 is 0 Å². The number of benzene rings is 3. The Balaban J connectivity index is 1.08. The molecule has 2 fully saturated rings. The van der Waals surface area contributed by atoms with Gasteiger partial charge in [0, 0.05) is 20.1 Å². The summed E-state index contributed by atoms with van der Waals surface area (Å²) in [6.45, 7) is 8.99. The third kappa shape index (κ3) is 7.84. The van der Waals surface area contributed by atoms with Crippen molar-refractivity contribution in [1.82, 2.24) is 34.6 Å². The molecule has 0 bridgehead atoms. The average Bonchev–Trinajstić information content (AvgIpc) is 4.03. The fraction of sp³-hybridized carbons (Fsp3) is 0.455. The summed E-state index contributed by atoms with van der Waals surface area (Å²) in [5.74, 6) is 0.515. The maximum absolute atomic E-state index is 13.7. The van der Waals surface area contributed by atoms with Crippen LogP contribution in [0.4, 0.5) is 4.79 Å². The lowest BCUT2D eigenvalue weighted by molar-refractivity contribution is -0.148. The van der Waals surface area contributed by atoms with Gasteiger partial charge in [-0.05, 0) is 84.0 Å². The van der Waals surface area contributed by atoms with Gasteiger partial charge in [-0.2, -0.15) is 0 Å². The van der Waals surface area contributed by atoms with Crippen molar-refractivity contribution in [3.05, 3.63) is 72.3 Å². The van der Waals surface area contributed by atoms with Crippen LogP contribution < -0.4 is 5.32 Å². The molecule has 2 N–H and O–H groups in total. The lowest BCUT2D eigenvalue weighted by Gasteiger charge is -2.30. The average molecular weight is 776 g/mol. The van der Waals surface area contributed by atoms with Gasteiger partial charge in [0.25, 0.3) is 0 Å². The van der Waals surface area contributed by atoms with Crippen molar-refractivity contribution >= 4 is 45.9 Å². The predicted molar refractivity (Wildman–Crippen MR) is 218 cm³/mol. The van der Waals surface area contributed by atoms with Crippen LogP contribution in [-0.2, 0) is 30.9 Å². The number of aromatic nitrogens is 4. The molecule has 300 valence electrons. The number of alkyl carbamates (subject to hydrolysis) is 1. The number of nitrogens with zero attached hydrogens (tertiary/aromatic N) is 5. The number of methoxy groups -OCH3 is 2. The van der Waals surface area contributed by atoms with E-state index in [1.54, 1.807) is 0 Å². The number of esters is 1. The molecular formula is C44H53N7O6. The minimum absolute atomic E-state index is 0.00250. The largest absolute Gasteiger partial charge is 0.469 e. The third-order valence-electron chi connectivity index (χ3n) is 11.8. The molecule has 0 saturated carbocycles. The summed E-state index contributed by atoms with van der Waals surface area (Å²) in [4.78, 5) is 68.8. The topological polar surface area (TPSA) is 152 Å². The van der Waals surface area contributed by atoms with Gasteiger partial charge in [-0.25, -0.2) is 14.8 Å². The van der Waals surface area contributed by atoms with Gasteiger partial charge in [-0.15, -0.1) is 0 Å². The molecule has 0 spiro atoms. The number of aromatic amines is 1. The van der Waals surface area contributed by atoms with Gasteiger partial charge in [0.05, 0.1) is 60.7 Å². The molecule has 0 unspecified atom stereocenters. The fourth-order valence-electron chi connectivity index (χ4n) is 8.49. The van der Waals surface area contributed by atoms with E-state index in [2.05, 4.69) is 69.5 Å². The number of amides is 3. The summed E-state index contributed by atoms with van der Waals surface area (Å²) in [7, 11) is 4.64. The molecule has 3 amide bonds. The van der Waals surface area contributed by atoms with Gasteiger partial charge in [0.15, 0.2) is 0 Å². The summed E-state index contributed by atoms with van der Waals surface area (Å²) in [6, 6.07) is 19.8. The van der Waals surface area contributed by atoms with Gasteiger partial charge in [0.1, 0.15) is 17.7 Å². The number of ether oxygens (including phenoxy) is 2. The molecular weight excluding hydrogens is 723 g/mol. The van der Waals surface area contributed by atoms with E-state index in [1.165, 1.54) is 14.2 Å². The van der Waals surface area contributed by atoms with Crippen molar-refractivity contribution in [3.63, 3.8) is 0 Å². The number of likely N-dealkylation sites (tertiary alicyclic amines) is 2. The molecule has 4 heterocycles. The maximum atomic E-state index is 13.7. The van der Waals surface area contributed by atoms with Crippen molar-refractivity contribution in [3.8, 4) is 22.3 Å². The summed E-state index contributed by atoms with van der Waals surface area (Å²) in [6.07, 6.45) is 2.78. The normalized spacial score (nSPS) is 18.1. The smallest absolute Gasteiger partial charge is 0.407 e. The number of hydrogen-bond donors (Lipinski definition) is 2. The van der Waals surface area contributed by atoms with E-state index in [0.29, 0.717) is 13.1 Å². The van der Waals surface area contributed by atoms with E-state index in [0.717, 1.165) is 81.7 Å². The lowest BCUT2D eigenvalue weighted by atomic mass is 9.91. The summed E-state index contributed by atoms with van der Waals surface area (Å²) in [5.41, 5.74) is 7.78. The zero-order valence-corrected chi connectivity index (χ0v) is 33.9. The Labute approximate surface area is 333 Å². The van der Waals surface area contributed by atoms with Crippen molar-refractivity contribution in [1.29, 1.82) is 0 Å². The number of H-pyrrole nitrogens is 1. The van der Waals surface area contributed by atoms with Crippen molar-refractivity contribution in [2.45, 2.75) is 77.9 Å². The Bertz CT molecular complexity index is 2290. The van der Waals surface area contributed by atoms with E-state index >= 15 is 0 Å². The van der Waals surface area contributed by atoms with Crippen LogP contribution in [0.5, 0.6) is 0 Å². The van der Waals surface area contributed by atoms with Crippen LogP contribution in [0.15, 0.2) is 60.7 Å². The molecule has 13 heteroatoms. The maximum Gasteiger partial charge on any atom is 0.407 e. The van der Waals surface area contributed by atoms with Crippen LogP contribution in [0.1, 0.15) is 83.5 Å². The second-order valence-corrected chi connectivity index (χ2v) is 16.0. The summed E-state index contributed by atoms with van der Waals surface area (Å²) in [5, 5.41) is 2.72. The zero-order chi connectivity index (χ0) is 40.5. The first-order valence-electron chi connectivity index (χ1n) is 20.0. The summed E-state index contributed by atoms with van der Waals surface area (Å²) < 4.78 is 11.7. The second-order valence-electron chi connectivity index (χ2n) is 16.0. The number of imidazole rings is 2. The van der Waals surface area contributed by atoms with Crippen LogP contribution in [0.2, 0.25) is 0 Å². The first-order chi connectivity index (χ1) is 27.4. The van der Waals surface area contributed by atoms with Crippen LogP contribution in [0.25, 0.3) is 44.3 Å². The van der Waals surface area contributed by atoms with E-state index in [-0.39, 0.29) is 48.1 Å². The van der Waals surface area contributed by atoms with Gasteiger partial charge in [-0.1, -0.05) is 64.1 Å². The molecule has 5 aromatic rings. The van der Waals surface area contributed by atoms with Crippen LogP contribution in [0, 0.1) is 17.8 Å². The van der Waals surface area contributed by atoms with E-state index in [1.807, 2.05) is 50.6 Å². The molecule has 3 aromatic carbocycles. The van der Waals surface area contributed by atoms with Crippen molar-refractivity contribution in [2.75, 3.05) is 27.3 Å². The van der Waals surface area contributed by atoms with Crippen molar-refractivity contribution < 1.29 is 28.7 Å². The number of nitrogens with one attached hydrogen (secondary N) is 2. The minimum atomic E-state index is -0.690. The first-order valence-corrected chi connectivity index (χ1v) is 20.0. The molecule has 4 atom stereocenters. The van der Waals surface area contributed by atoms with Gasteiger partial charge < -0.3 is 34.1 Å². The number of fused-ring (bicyclic) bond motifs is 2. The van der Waals surface area contributed by atoms with Gasteiger partial charge in [-0.3, -0.25) is 14.4 Å². The standard InChI is InChI=1S/C44H53N7O6/c1-25(2)31(24-38(52)56-6)42(53)50-20-8-10-36(50)40-45-32-18-16-29(22-33(32)46-40)27-12-14-28(15-13-27)30-17-19-35-34(23-30)47-41(49(35)5)37-11-9-21-51(37)43(54)39(26(3)4)48-44(55)57-7/h12-19,22-23,25-26,31,36-37,39H,8-11,20-21,24H2,1-7H3,(H,45,46)(H,48,55)/t31-,36-,37-,39-/m0/s1. The Morgan fingerprint density at radius 3 is 2.00 bits per heavy atom. The molecule has 7 rings (SSSR count). The molecule has 0 aliphatic carbocycles. The monoisotopic (exact) mass is 775 g/mol. The SMILES string of the molecule is COC(=O)C[C@H](C(=O)N1CCC[C@H]1c1nc2ccc(-c3ccc(-c4ccc5c(c4)nc([C@@H]4CCCN4C(=O)[C@@H](NC(=O)OC)C(C)C)n5C)cc3)cc2[nH]1)C(C)C. The first kappa shape index (κ1) is 39.5. The minimum Gasteiger partial charge on any atom is -0.469 e. The van der Waals surface area contributed by atoms with E-state index in [4.69, 9.17) is 19.4 Å². The quantitative estimate of drug-likeness (QED) is 0.133. The Morgan fingerprint density at radius 1 is 0.754 bits per heavy atom. The zero-order valence-electron chi connectivity index (χ0n) is 33.9. The molecule has 2 aliphatic rings. The van der Waals surface area contributed by atoms with Crippen LogP contribution in [0.3, 0.4) is 0 Å². The number of aryl methyl sites for hydroxylation is 1. The van der Waals surface area contributed by atoms with Gasteiger partial charge in [0.2, 0.25) is 11.8 Å². The number of carbonyl (C=O) groups excluding carboxylic acids is 4. The number of carbonyl (C=O) groups is 4. The Morgan fingerprint density at radius 2 is 1.37 bits per heavy atom. The van der Waals surface area contributed by atoms with Gasteiger partial charge >= 0.3 is 12.1 Å². The lowest BCUT2D eigenvalue weighted by Crippen LogP contribution is -2.51. The Kier molecular flexibility index (Phi) is 11.4. The van der Waals surface area contributed by atoms with Crippen molar-refractivity contribution in [2.24, 2.45) is 24.8 Å². The highest BCUT2D eigenvalue weighted by atomic mass is 16.5. The van der Waals surface area contributed by atoms with E-state index < -0.39 is 18.1 Å². The molecule has 2 saturated heterocycles. The molecule has 2 aliphatic heterocycles. The fourth-order valence-corrected chi connectivity index (χ4v) is 8.49. The highest BCUT2D eigenvalue weighted by Crippen LogP contribution is 2.37. The van der Waals surface area contributed by atoms with Crippen LogP contribution in [-0.4, -0.2) is 86.5 Å². The molecule has 0 radical (unpaired) electrons. The third-order valence-corrected chi connectivity index (χ3v) is 11.8. The number of rotatable bonds is 11. The molecule has 2 aromatic heterocycles. The highest BCUT2D eigenvalue weighted by Gasteiger charge is 2.39. The predicted octanol–water partition coefficient (Wildman–Crippen LogP) is 7.33. The van der Waals surface area contributed by atoms with E-state index in [9.17, 15) is 19.2 Å². The molecule has 57 heavy (non-hydrogen) atoms. The Hall–Kier alpha value is -5.72. The second kappa shape index (κ2) is 16.4.